The van der Waals surface area contributed by atoms with Crippen molar-refractivity contribution in [3.05, 3.63) is 77.0 Å². The van der Waals surface area contributed by atoms with Crippen LogP contribution >= 0.6 is 0 Å². The maximum absolute atomic E-state index is 14.2. The Balaban J connectivity index is 2.12. The number of fused-ring (bicyclic) bond motifs is 1. The molecule has 1 heterocycles. The zero-order chi connectivity index (χ0) is 15.0. The fraction of sp³-hybridized carbons (Fsp3) is 0.118. The van der Waals surface area contributed by atoms with Gasteiger partial charge in [0.25, 0.3) is 0 Å². The normalized spacial score (nSPS) is 12.6. The van der Waals surface area contributed by atoms with Crippen LogP contribution in [0.15, 0.2) is 48.7 Å². The number of aryl methyl sites for hydroxylation is 1. The van der Waals surface area contributed by atoms with Crippen molar-refractivity contribution in [2.75, 3.05) is 0 Å². The summed E-state index contributed by atoms with van der Waals surface area (Å²) in [4.78, 5) is 4.28. The fourth-order valence-corrected chi connectivity index (χ4v) is 2.39. The van der Waals surface area contributed by atoms with Crippen LogP contribution in [0.25, 0.3) is 10.9 Å². The Morgan fingerprint density at radius 2 is 1.86 bits per heavy atom. The van der Waals surface area contributed by atoms with Crippen LogP contribution in [0.2, 0.25) is 0 Å². The number of para-hydroxylation sites is 1. The Morgan fingerprint density at radius 1 is 1.10 bits per heavy atom. The van der Waals surface area contributed by atoms with Crippen molar-refractivity contribution in [3.63, 3.8) is 0 Å². The molecule has 0 aliphatic heterocycles. The van der Waals surface area contributed by atoms with Gasteiger partial charge in [0, 0.05) is 17.1 Å². The number of nitrogens with zero attached hydrogens (tertiary/aromatic N) is 1. The highest BCUT2D eigenvalue weighted by molar-refractivity contribution is 5.79. The lowest BCUT2D eigenvalue weighted by molar-refractivity contribution is 0.538. The van der Waals surface area contributed by atoms with Crippen molar-refractivity contribution in [1.82, 2.24) is 4.98 Å². The molecule has 2 aromatic carbocycles. The van der Waals surface area contributed by atoms with Crippen molar-refractivity contribution in [1.29, 1.82) is 0 Å². The summed E-state index contributed by atoms with van der Waals surface area (Å²) in [6.45, 7) is 1.59. The number of hydrogen-bond acceptors (Lipinski definition) is 2. The summed E-state index contributed by atoms with van der Waals surface area (Å²) in [5, 5.41) is 0.888. The van der Waals surface area contributed by atoms with Crippen molar-refractivity contribution in [3.8, 4) is 0 Å². The van der Waals surface area contributed by atoms with Crippen molar-refractivity contribution < 1.29 is 8.78 Å². The molecule has 0 saturated heterocycles. The number of pyridine rings is 1. The molecule has 0 aliphatic rings. The molecule has 0 radical (unpaired) electrons. The molecule has 0 amide bonds. The Morgan fingerprint density at radius 3 is 2.67 bits per heavy atom. The van der Waals surface area contributed by atoms with Gasteiger partial charge in [0.15, 0.2) is 0 Å². The lowest BCUT2D eigenvalue weighted by Gasteiger charge is -2.16. The molecule has 0 saturated carbocycles. The second-order valence-corrected chi connectivity index (χ2v) is 5.03. The third-order valence-corrected chi connectivity index (χ3v) is 3.60. The highest BCUT2D eigenvalue weighted by Crippen LogP contribution is 2.27. The summed E-state index contributed by atoms with van der Waals surface area (Å²) in [5.41, 5.74) is 7.71. The monoisotopic (exact) mass is 284 g/mol. The molecular weight excluding hydrogens is 270 g/mol. The molecule has 2 N–H and O–H groups in total. The van der Waals surface area contributed by atoms with Gasteiger partial charge in [0.1, 0.15) is 11.6 Å². The van der Waals surface area contributed by atoms with Gasteiger partial charge in [-0.25, -0.2) is 8.78 Å². The van der Waals surface area contributed by atoms with Gasteiger partial charge in [-0.05, 0) is 36.2 Å². The average Bonchev–Trinajstić information content (AvgIpc) is 2.51. The molecule has 4 heteroatoms. The van der Waals surface area contributed by atoms with E-state index in [9.17, 15) is 8.78 Å². The maximum Gasteiger partial charge on any atom is 0.134 e. The first kappa shape index (κ1) is 13.6. The predicted molar refractivity (Wildman–Crippen MR) is 78.9 cm³/mol. The molecule has 0 spiro atoms. The van der Waals surface area contributed by atoms with Gasteiger partial charge in [0.05, 0.1) is 11.6 Å². The first-order chi connectivity index (χ1) is 10.1. The standard InChI is InChI=1S/C17H14F2N2/c1-10-6-7-13(18)15(16(10)19)17(20)12-8-11-4-2-3-5-14(11)21-9-12/h2-9,17H,20H2,1H3. The van der Waals surface area contributed by atoms with E-state index in [1.165, 1.54) is 12.1 Å². The minimum Gasteiger partial charge on any atom is -0.320 e. The molecule has 0 aliphatic carbocycles. The van der Waals surface area contributed by atoms with Crippen LogP contribution in [-0.2, 0) is 0 Å². The van der Waals surface area contributed by atoms with Crippen LogP contribution in [0.3, 0.4) is 0 Å². The molecule has 3 aromatic rings. The molecule has 3 rings (SSSR count). The van der Waals surface area contributed by atoms with Crippen LogP contribution in [0.5, 0.6) is 0 Å². The van der Waals surface area contributed by atoms with Crippen LogP contribution in [0.1, 0.15) is 22.7 Å². The zero-order valence-electron chi connectivity index (χ0n) is 11.5. The van der Waals surface area contributed by atoms with Gasteiger partial charge in [-0.1, -0.05) is 24.3 Å². The summed E-state index contributed by atoms with van der Waals surface area (Å²) in [5.74, 6) is -1.24. The molecule has 21 heavy (non-hydrogen) atoms. The van der Waals surface area contributed by atoms with Gasteiger partial charge in [-0.2, -0.15) is 0 Å². The lowest BCUT2D eigenvalue weighted by atomic mass is 9.97. The largest absolute Gasteiger partial charge is 0.320 e. The number of aromatic nitrogens is 1. The molecule has 106 valence electrons. The maximum atomic E-state index is 14.2. The number of benzene rings is 2. The van der Waals surface area contributed by atoms with E-state index in [2.05, 4.69) is 4.98 Å². The Bertz CT molecular complexity index is 815. The highest BCUT2D eigenvalue weighted by Gasteiger charge is 2.20. The smallest absolute Gasteiger partial charge is 0.134 e. The summed E-state index contributed by atoms with van der Waals surface area (Å²) in [6, 6.07) is 11.1. The van der Waals surface area contributed by atoms with E-state index in [4.69, 9.17) is 5.73 Å². The van der Waals surface area contributed by atoms with Gasteiger partial charge < -0.3 is 5.73 Å². The van der Waals surface area contributed by atoms with E-state index in [-0.39, 0.29) is 5.56 Å². The lowest BCUT2D eigenvalue weighted by Crippen LogP contribution is -2.16. The minimum absolute atomic E-state index is 0.118. The fourth-order valence-electron chi connectivity index (χ4n) is 2.39. The Kier molecular flexibility index (Phi) is 3.39. The summed E-state index contributed by atoms with van der Waals surface area (Å²) in [7, 11) is 0. The van der Waals surface area contributed by atoms with E-state index in [1.807, 2.05) is 30.3 Å². The van der Waals surface area contributed by atoms with Crippen LogP contribution in [0, 0.1) is 18.6 Å². The van der Waals surface area contributed by atoms with Gasteiger partial charge in [-0.3, -0.25) is 4.98 Å². The predicted octanol–water partition coefficient (Wildman–Crippen LogP) is 3.87. The van der Waals surface area contributed by atoms with Gasteiger partial charge in [0.2, 0.25) is 0 Å². The topological polar surface area (TPSA) is 38.9 Å². The van der Waals surface area contributed by atoms with Crippen LogP contribution in [-0.4, -0.2) is 4.98 Å². The van der Waals surface area contributed by atoms with E-state index >= 15 is 0 Å². The SMILES string of the molecule is Cc1ccc(F)c(C(N)c2cnc3ccccc3c2)c1F. The third-order valence-electron chi connectivity index (χ3n) is 3.60. The van der Waals surface area contributed by atoms with Crippen molar-refractivity contribution >= 4 is 10.9 Å². The summed E-state index contributed by atoms with van der Waals surface area (Å²) >= 11 is 0. The second kappa shape index (κ2) is 5.22. The van der Waals surface area contributed by atoms with E-state index < -0.39 is 17.7 Å². The number of rotatable bonds is 2. The van der Waals surface area contributed by atoms with E-state index in [0.29, 0.717) is 11.1 Å². The minimum atomic E-state index is -0.887. The van der Waals surface area contributed by atoms with E-state index in [0.717, 1.165) is 10.9 Å². The van der Waals surface area contributed by atoms with Crippen molar-refractivity contribution in [2.45, 2.75) is 13.0 Å². The molecular formula is C17H14F2N2. The third kappa shape index (κ3) is 2.38. The molecule has 2 nitrogen and oxygen atoms in total. The first-order valence-corrected chi connectivity index (χ1v) is 6.62. The molecule has 0 fully saturated rings. The Hall–Kier alpha value is -2.33. The van der Waals surface area contributed by atoms with Gasteiger partial charge in [-0.15, -0.1) is 0 Å². The van der Waals surface area contributed by atoms with Crippen molar-refractivity contribution in [2.24, 2.45) is 5.73 Å². The second-order valence-electron chi connectivity index (χ2n) is 5.03. The summed E-state index contributed by atoms with van der Waals surface area (Å²) in [6.07, 6.45) is 1.56. The number of hydrogen-bond donors (Lipinski definition) is 1. The van der Waals surface area contributed by atoms with Crippen LogP contribution in [0.4, 0.5) is 8.78 Å². The zero-order valence-corrected chi connectivity index (χ0v) is 11.5. The van der Waals surface area contributed by atoms with Gasteiger partial charge >= 0.3 is 0 Å². The highest BCUT2D eigenvalue weighted by atomic mass is 19.1. The molecule has 1 unspecified atom stereocenters. The summed E-state index contributed by atoms with van der Waals surface area (Å²) < 4.78 is 28.1. The number of nitrogens with two attached hydrogens (primary N) is 1. The molecule has 1 aromatic heterocycles. The first-order valence-electron chi connectivity index (χ1n) is 6.62. The van der Waals surface area contributed by atoms with Crippen LogP contribution < -0.4 is 5.73 Å². The Labute approximate surface area is 121 Å². The van der Waals surface area contributed by atoms with E-state index in [1.54, 1.807) is 13.1 Å². The quantitative estimate of drug-likeness (QED) is 0.776. The molecule has 1 atom stereocenters. The molecule has 0 bridgehead atoms. The number of halogens is 2. The average molecular weight is 284 g/mol.